The Morgan fingerprint density at radius 3 is 2.54 bits per heavy atom. The molecule has 2 N–H and O–H groups in total. The number of esters is 1. The Bertz CT molecular complexity index is 843. The van der Waals surface area contributed by atoms with E-state index in [1.807, 2.05) is 6.92 Å². The van der Waals surface area contributed by atoms with Gasteiger partial charge >= 0.3 is 5.97 Å². The van der Waals surface area contributed by atoms with Crippen LogP contribution in [-0.4, -0.2) is 29.4 Å². The number of hydrogen-bond acceptors (Lipinski definition) is 6. The molecule has 6 heteroatoms. The average molecular weight is 358 g/mol. The van der Waals surface area contributed by atoms with Gasteiger partial charge in [0, 0.05) is 24.1 Å². The Labute approximate surface area is 151 Å². The van der Waals surface area contributed by atoms with Crippen LogP contribution in [0, 0.1) is 0 Å². The highest BCUT2D eigenvalue weighted by molar-refractivity contribution is 5.95. The maximum atomic E-state index is 12.4. The largest absolute Gasteiger partial charge is 0.508 e. The number of phenols is 2. The van der Waals surface area contributed by atoms with Crippen LogP contribution in [0.2, 0.25) is 0 Å². The topological polar surface area (TPSA) is 85.2 Å². The zero-order chi connectivity index (χ0) is 18.8. The highest BCUT2D eigenvalue weighted by atomic mass is 16.5. The van der Waals surface area contributed by atoms with Crippen molar-refractivity contribution in [2.24, 2.45) is 0 Å². The van der Waals surface area contributed by atoms with E-state index < -0.39 is 5.97 Å². The van der Waals surface area contributed by atoms with Gasteiger partial charge in [-0.05, 0) is 31.0 Å². The molecule has 1 aliphatic heterocycles. The van der Waals surface area contributed by atoms with Crippen molar-refractivity contribution in [3.8, 4) is 28.7 Å². The van der Waals surface area contributed by atoms with Crippen molar-refractivity contribution in [1.82, 2.24) is 0 Å². The number of fused-ring (bicyclic) bond motifs is 1. The number of phenolic OH excluding ortho intramolecular Hbond substituents is 2. The summed E-state index contributed by atoms with van der Waals surface area (Å²) < 4.78 is 16.7. The van der Waals surface area contributed by atoms with E-state index in [0.717, 1.165) is 12.0 Å². The van der Waals surface area contributed by atoms with Crippen molar-refractivity contribution in [2.45, 2.75) is 39.2 Å². The molecule has 1 aliphatic rings. The first kappa shape index (κ1) is 17.9. The molecular weight excluding hydrogens is 336 g/mol. The van der Waals surface area contributed by atoms with Crippen molar-refractivity contribution < 1.29 is 29.2 Å². The first-order chi connectivity index (χ1) is 12.4. The second-order valence-electron chi connectivity index (χ2n) is 6.39. The smallest absolute Gasteiger partial charge is 0.342 e. The van der Waals surface area contributed by atoms with E-state index in [-0.39, 0.29) is 23.4 Å². The molecule has 3 rings (SSSR count). The predicted molar refractivity (Wildman–Crippen MR) is 95.4 cm³/mol. The molecule has 0 saturated heterocycles. The third kappa shape index (κ3) is 3.40. The quantitative estimate of drug-likeness (QED) is 0.787. The number of ether oxygens (including phenoxy) is 3. The van der Waals surface area contributed by atoms with Gasteiger partial charge in [0.1, 0.15) is 28.9 Å². The Balaban J connectivity index is 2.12. The van der Waals surface area contributed by atoms with Crippen LogP contribution in [0.15, 0.2) is 24.3 Å². The minimum atomic E-state index is -0.483. The van der Waals surface area contributed by atoms with Gasteiger partial charge in [-0.1, -0.05) is 13.3 Å². The van der Waals surface area contributed by atoms with Gasteiger partial charge in [-0.3, -0.25) is 0 Å². The number of rotatable bonds is 5. The summed E-state index contributed by atoms with van der Waals surface area (Å²) in [7, 11) is 1.48. The van der Waals surface area contributed by atoms with E-state index in [1.165, 1.54) is 19.2 Å². The van der Waals surface area contributed by atoms with Gasteiger partial charge in [-0.15, -0.1) is 0 Å². The van der Waals surface area contributed by atoms with Crippen LogP contribution in [0.4, 0.5) is 0 Å². The number of cyclic esters (lactones) is 1. The Kier molecular flexibility index (Phi) is 4.93. The lowest BCUT2D eigenvalue weighted by Gasteiger charge is -2.24. The summed E-state index contributed by atoms with van der Waals surface area (Å²) in [5.74, 6) is 0.565. The number of carbonyl (C=O) groups excluding carboxylic acids is 1. The van der Waals surface area contributed by atoms with Gasteiger partial charge in [0.25, 0.3) is 0 Å². The van der Waals surface area contributed by atoms with Crippen LogP contribution in [0.3, 0.4) is 0 Å². The molecule has 26 heavy (non-hydrogen) atoms. The van der Waals surface area contributed by atoms with Crippen molar-refractivity contribution in [2.75, 3.05) is 7.11 Å². The standard InChI is InChI=1S/C20H22O6/c1-4-5-12-7-14(21)10-17(24-3)19(12)26-16-9-15(22)8-13-6-11(2)25-20(23)18(13)16/h7-11,21-22H,4-6H2,1-3H3/t11-/m1/s1. The molecule has 1 atom stereocenters. The first-order valence-electron chi connectivity index (χ1n) is 8.57. The third-order valence-corrected chi connectivity index (χ3v) is 4.26. The Hall–Kier alpha value is -2.89. The highest BCUT2D eigenvalue weighted by Crippen LogP contribution is 2.42. The number of aromatic hydroxyl groups is 2. The minimum absolute atomic E-state index is 0.00966. The zero-order valence-corrected chi connectivity index (χ0v) is 15.0. The molecule has 0 radical (unpaired) electrons. The molecule has 0 unspecified atom stereocenters. The molecule has 138 valence electrons. The molecule has 0 spiro atoms. The summed E-state index contributed by atoms with van der Waals surface area (Å²) >= 11 is 0. The van der Waals surface area contributed by atoms with Crippen LogP contribution in [0.1, 0.15) is 41.8 Å². The molecule has 0 fully saturated rings. The minimum Gasteiger partial charge on any atom is -0.508 e. The van der Waals surface area contributed by atoms with Gasteiger partial charge in [0.2, 0.25) is 0 Å². The summed E-state index contributed by atoms with van der Waals surface area (Å²) in [6.07, 6.45) is 1.73. The van der Waals surface area contributed by atoms with E-state index in [1.54, 1.807) is 19.1 Å². The molecule has 0 amide bonds. The fourth-order valence-corrected chi connectivity index (χ4v) is 3.20. The maximum absolute atomic E-state index is 12.4. The molecule has 0 bridgehead atoms. The molecule has 0 saturated carbocycles. The lowest BCUT2D eigenvalue weighted by molar-refractivity contribution is 0.0297. The lowest BCUT2D eigenvalue weighted by atomic mass is 9.98. The van der Waals surface area contributed by atoms with Gasteiger partial charge in [-0.25, -0.2) is 4.79 Å². The molecule has 2 aromatic carbocycles. The van der Waals surface area contributed by atoms with E-state index in [2.05, 4.69) is 0 Å². The molecule has 0 aliphatic carbocycles. The molecular formula is C20H22O6. The molecule has 2 aromatic rings. The number of benzene rings is 2. The van der Waals surface area contributed by atoms with Crippen LogP contribution >= 0.6 is 0 Å². The summed E-state index contributed by atoms with van der Waals surface area (Å²) in [5.41, 5.74) is 1.73. The fraction of sp³-hybridized carbons (Fsp3) is 0.350. The summed E-state index contributed by atoms with van der Waals surface area (Å²) in [6, 6.07) is 6.00. The monoisotopic (exact) mass is 358 g/mol. The van der Waals surface area contributed by atoms with Crippen LogP contribution in [0.5, 0.6) is 28.7 Å². The van der Waals surface area contributed by atoms with Gasteiger partial charge in [-0.2, -0.15) is 0 Å². The van der Waals surface area contributed by atoms with Crippen LogP contribution in [0.25, 0.3) is 0 Å². The lowest BCUT2D eigenvalue weighted by Crippen LogP contribution is -2.25. The van der Waals surface area contributed by atoms with Crippen LogP contribution in [-0.2, 0) is 17.6 Å². The van der Waals surface area contributed by atoms with Crippen molar-refractivity contribution in [3.05, 3.63) is 41.0 Å². The third-order valence-electron chi connectivity index (χ3n) is 4.26. The second kappa shape index (κ2) is 7.15. The van der Waals surface area contributed by atoms with E-state index in [9.17, 15) is 15.0 Å². The average Bonchev–Trinajstić information content (AvgIpc) is 2.55. The number of hydrogen-bond donors (Lipinski definition) is 2. The van der Waals surface area contributed by atoms with Crippen LogP contribution < -0.4 is 9.47 Å². The normalized spacial score (nSPS) is 16.0. The number of aryl methyl sites for hydroxylation is 1. The Morgan fingerprint density at radius 1 is 1.15 bits per heavy atom. The van der Waals surface area contributed by atoms with Crippen molar-refractivity contribution >= 4 is 5.97 Å². The van der Waals surface area contributed by atoms with E-state index >= 15 is 0 Å². The second-order valence-corrected chi connectivity index (χ2v) is 6.39. The van der Waals surface area contributed by atoms with Gasteiger partial charge in [0.15, 0.2) is 11.5 Å². The van der Waals surface area contributed by atoms with E-state index in [0.29, 0.717) is 35.5 Å². The summed E-state index contributed by atoms with van der Waals surface area (Å²) in [6.45, 7) is 3.81. The zero-order valence-electron chi connectivity index (χ0n) is 15.0. The SMILES string of the molecule is CCCc1cc(O)cc(OC)c1Oc1cc(O)cc2c1C(=O)O[C@H](C)C2. The number of carbonyl (C=O) groups is 1. The van der Waals surface area contributed by atoms with Gasteiger partial charge in [0.05, 0.1) is 7.11 Å². The fourth-order valence-electron chi connectivity index (χ4n) is 3.20. The number of methoxy groups -OCH3 is 1. The maximum Gasteiger partial charge on any atom is 0.342 e. The van der Waals surface area contributed by atoms with Crippen molar-refractivity contribution in [1.29, 1.82) is 0 Å². The van der Waals surface area contributed by atoms with Gasteiger partial charge < -0.3 is 24.4 Å². The highest BCUT2D eigenvalue weighted by Gasteiger charge is 2.29. The predicted octanol–water partition coefficient (Wildman–Crippen LogP) is 3.95. The van der Waals surface area contributed by atoms with E-state index in [4.69, 9.17) is 14.2 Å². The first-order valence-corrected chi connectivity index (χ1v) is 8.57. The summed E-state index contributed by atoms with van der Waals surface area (Å²) in [5, 5.41) is 20.0. The summed E-state index contributed by atoms with van der Waals surface area (Å²) in [4.78, 5) is 12.4. The molecule has 0 aromatic heterocycles. The van der Waals surface area contributed by atoms with Crippen molar-refractivity contribution in [3.63, 3.8) is 0 Å². The molecule has 1 heterocycles. The Morgan fingerprint density at radius 2 is 1.85 bits per heavy atom. The molecule has 6 nitrogen and oxygen atoms in total.